The number of H-pyrrole nitrogens is 1. The van der Waals surface area contributed by atoms with Gasteiger partial charge < -0.3 is 15.0 Å². The minimum absolute atomic E-state index is 0.0143. The van der Waals surface area contributed by atoms with Gasteiger partial charge in [0, 0.05) is 19.1 Å². The Labute approximate surface area is 133 Å². The van der Waals surface area contributed by atoms with Gasteiger partial charge in [-0.15, -0.1) is 0 Å². The van der Waals surface area contributed by atoms with E-state index in [1.807, 2.05) is 23.1 Å². The molecular weight excluding hydrogens is 296 g/mol. The zero-order valence-electron chi connectivity index (χ0n) is 13.0. The van der Waals surface area contributed by atoms with Gasteiger partial charge in [0.05, 0.1) is 17.5 Å². The molecule has 0 bridgehead atoms. The lowest BCUT2D eigenvalue weighted by atomic mass is 10.1. The molecule has 23 heavy (non-hydrogen) atoms. The number of aromatic amines is 1. The number of nitrogens with zero attached hydrogens (tertiary/aromatic N) is 2. The highest BCUT2D eigenvalue weighted by molar-refractivity contribution is 5.78. The molecule has 1 aromatic carbocycles. The highest BCUT2D eigenvalue weighted by atomic mass is 16.5. The molecule has 1 aliphatic heterocycles. The van der Waals surface area contributed by atoms with Crippen LogP contribution in [0.15, 0.2) is 29.1 Å². The van der Waals surface area contributed by atoms with Crippen LogP contribution in [0.1, 0.15) is 19.8 Å². The number of carbonyl (C=O) groups excluding carboxylic acids is 1. The van der Waals surface area contributed by atoms with E-state index >= 15 is 0 Å². The maximum Gasteiger partial charge on any atom is 0.407 e. The summed E-state index contributed by atoms with van der Waals surface area (Å²) in [7, 11) is 0. The maximum absolute atomic E-state index is 12.2. The van der Waals surface area contributed by atoms with E-state index in [2.05, 4.69) is 15.3 Å². The molecule has 0 radical (unpaired) electrons. The third-order valence-electron chi connectivity index (χ3n) is 3.92. The number of aromatic nitrogens is 2. The third kappa shape index (κ3) is 3.44. The Morgan fingerprint density at radius 3 is 3.13 bits per heavy atom. The number of anilines is 1. The molecule has 1 fully saturated rings. The predicted molar refractivity (Wildman–Crippen MR) is 87.8 cm³/mol. The molecule has 2 aromatic rings. The van der Waals surface area contributed by atoms with Gasteiger partial charge in [-0.05, 0) is 31.9 Å². The Balaban J connectivity index is 1.78. The van der Waals surface area contributed by atoms with Gasteiger partial charge in [-0.1, -0.05) is 12.1 Å². The first-order valence-corrected chi connectivity index (χ1v) is 7.84. The van der Waals surface area contributed by atoms with E-state index in [-0.39, 0.29) is 11.6 Å². The molecule has 1 aromatic heterocycles. The van der Waals surface area contributed by atoms with Crippen molar-refractivity contribution in [2.45, 2.75) is 25.8 Å². The number of ether oxygens (including phenoxy) is 1. The molecule has 2 N–H and O–H groups in total. The van der Waals surface area contributed by atoms with Crippen LogP contribution in [-0.4, -0.2) is 41.8 Å². The number of carbonyl (C=O) groups is 1. The SMILES string of the molecule is CCOC(=O)NC1CCCN(c2nc3ccccc3c(=O)[nH]2)C1. The molecule has 0 aliphatic carbocycles. The fourth-order valence-corrected chi connectivity index (χ4v) is 2.85. The number of benzene rings is 1. The largest absolute Gasteiger partial charge is 0.450 e. The average Bonchev–Trinajstić information content (AvgIpc) is 2.55. The van der Waals surface area contributed by atoms with Gasteiger partial charge in [-0.2, -0.15) is 0 Å². The van der Waals surface area contributed by atoms with E-state index in [9.17, 15) is 9.59 Å². The molecule has 1 saturated heterocycles. The smallest absolute Gasteiger partial charge is 0.407 e. The van der Waals surface area contributed by atoms with Crippen LogP contribution in [0.2, 0.25) is 0 Å². The summed E-state index contributed by atoms with van der Waals surface area (Å²) < 4.78 is 4.92. The van der Waals surface area contributed by atoms with Gasteiger partial charge in [-0.25, -0.2) is 9.78 Å². The summed E-state index contributed by atoms with van der Waals surface area (Å²) in [6, 6.07) is 7.25. The van der Waals surface area contributed by atoms with Crippen molar-refractivity contribution in [1.82, 2.24) is 15.3 Å². The lowest BCUT2D eigenvalue weighted by molar-refractivity contribution is 0.146. The molecule has 3 rings (SSSR count). The fraction of sp³-hybridized carbons (Fsp3) is 0.438. The summed E-state index contributed by atoms with van der Waals surface area (Å²) in [4.78, 5) is 33.1. The molecule has 7 nitrogen and oxygen atoms in total. The number of nitrogens with one attached hydrogen (secondary N) is 2. The first-order chi connectivity index (χ1) is 11.2. The first kappa shape index (κ1) is 15.3. The van der Waals surface area contributed by atoms with Gasteiger partial charge in [0.25, 0.3) is 5.56 Å². The second-order valence-electron chi connectivity index (χ2n) is 5.56. The molecule has 2 heterocycles. The van der Waals surface area contributed by atoms with E-state index in [0.717, 1.165) is 19.4 Å². The average molecular weight is 316 g/mol. The number of piperidine rings is 1. The Bertz CT molecular complexity index is 758. The molecule has 1 aliphatic rings. The third-order valence-corrected chi connectivity index (χ3v) is 3.92. The van der Waals surface area contributed by atoms with Crippen molar-refractivity contribution in [1.29, 1.82) is 0 Å². The summed E-state index contributed by atoms with van der Waals surface area (Å²) in [5.74, 6) is 0.545. The summed E-state index contributed by atoms with van der Waals surface area (Å²) in [5.41, 5.74) is 0.526. The number of amides is 1. The lowest BCUT2D eigenvalue weighted by Gasteiger charge is -2.33. The van der Waals surface area contributed by atoms with Gasteiger partial charge in [-0.3, -0.25) is 9.78 Å². The quantitative estimate of drug-likeness (QED) is 0.899. The monoisotopic (exact) mass is 316 g/mol. The van der Waals surface area contributed by atoms with Crippen molar-refractivity contribution in [3.63, 3.8) is 0 Å². The summed E-state index contributed by atoms with van der Waals surface area (Å²) in [6.07, 6.45) is 1.39. The number of hydrogen-bond donors (Lipinski definition) is 2. The molecule has 1 amide bonds. The molecule has 7 heteroatoms. The number of rotatable bonds is 3. The van der Waals surface area contributed by atoms with E-state index < -0.39 is 6.09 Å². The van der Waals surface area contributed by atoms with Crippen molar-refractivity contribution in [3.8, 4) is 0 Å². The first-order valence-electron chi connectivity index (χ1n) is 7.84. The Kier molecular flexibility index (Phi) is 4.45. The molecule has 0 saturated carbocycles. The maximum atomic E-state index is 12.2. The zero-order valence-corrected chi connectivity index (χ0v) is 13.0. The van der Waals surface area contributed by atoms with Crippen LogP contribution in [0.3, 0.4) is 0 Å². The summed E-state index contributed by atoms with van der Waals surface area (Å²) in [5, 5.41) is 3.43. The van der Waals surface area contributed by atoms with Gasteiger partial charge in [0.1, 0.15) is 0 Å². The van der Waals surface area contributed by atoms with Gasteiger partial charge in [0.15, 0.2) is 0 Å². The van der Waals surface area contributed by atoms with E-state index in [4.69, 9.17) is 4.74 Å². The number of fused-ring (bicyclic) bond motifs is 1. The molecular formula is C16H20N4O3. The van der Waals surface area contributed by atoms with E-state index in [1.165, 1.54) is 0 Å². The van der Waals surface area contributed by atoms with Crippen molar-refractivity contribution in [2.75, 3.05) is 24.6 Å². The highest BCUT2D eigenvalue weighted by Crippen LogP contribution is 2.17. The second kappa shape index (κ2) is 6.68. The second-order valence-corrected chi connectivity index (χ2v) is 5.56. The van der Waals surface area contributed by atoms with E-state index in [1.54, 1.807) is 13.0 Å². The van der Waals surface area contributed by atoms with Crippen LogP contribution < -0.4 is 15.8 Å². The number of alkyl carbamates (subject to hydrolysis) is 1. The standard InChI is InChI=1S/C16H20N4O3/c1-2-23-16(22)17-11-6-5-9-20(10-11)15-18-13-8-4-3-7-12(13)14(21)19-15/h3-4,7-8,11H,2,5-6,9-10H2,1H3,(H,17,22)(H,18,19,21). The Hall–Kier alpha value is -2.57. The molecule has 1 unspecified atom stereocenters. The van der Waals surface area contributed by atoms with Gasteiger partial charge in [0.2, 0.25) is 5.95 Å². The number of para-hydroxylation sites is 1. The van der Waals surface area contributed by atoms with Crippen LogP contribution in [0, 0.1) is 0 Å². The van der Waals surface area contributed by atoms with Crippen molar-refractivity contribution in [3.05, 3.63) is 34.6 Å². The normalized spacial score (nSPS) is 18.0. The van der Waals surface area contributed by atoms with Crippen molar-refractivity contribution < 1.29 is 9.53 Å². The van der Waals surface area contributed by atoms with Crippen LogP contribution in [0.25, 0.3) is 10.9 Å². The predicted octanol–water partition coefficient (Wildman–Crippen LogP) is 1.64. The minimum atomic E-state index is -0.403. The fourth-order valence-electron chi connectivity index (χ4n) is 2.85. The molecule has 1 atom stereocenters. The van der Waals surface area contributed by atoms with Crippen LogP contribution in [0.4, 0.5) is 10.7 Å². The Morgan fingerprint density at radius 2 is 2.30 bits per heavy atom. The highest BCUT2D eigenvalue weighted by Gasteiger charge is 2.23. The topological polar surface area (TPSA) is 87.3 Å². The number of hydrogen-bond acceptors (Lipinski definition) is 5. The Morgan fingerprint density at radius 1 is 1.48 bits per heavy atom. The molecule has 0 spiro atoms. The van der Waals surface area contributed by atoms with Crippen LogP contribution >= 0.6 is 0 Å². The summed E-state index contributed by atoms with van der Waals surface area (Å²) in [6.45, 7) is 3.51. The van der Waals surface area contributed by atoms with Crippen molar-refractivity contribution in [2.24, 2.45) is 0 Å². The molecule has 122 valence electrons. The minimum Gasteiger partial charge on any atom is -0.450 e. The van der Waals surface area contributed by atoms with Gasteiger partial charge >= 0.3 is 6.09 Å². The summed E-state index contributed by atoms with van der Waals surface area (Å²) >= 11 is 0. The van der Waals surface area contributed by atoms with Crippen LogP contribution in [-0.2, 0) is 4.74 Å². The van der Waals surface area contributed by atoms with Crippen LogP contribution in [0.5, 0.6) is 0 Å². The zero-order chi connectivity index (χ0) is 16.2. The van der Waals surface area contributed by atoms with E-state index in [0.29, 0.717) is 30.0 Å². The lowest BCUT2D eigenvalue weighted by Crippen LogP contribution is -2.48. The van der Waals surface area contributed by atoms with Crippen molar-refractivity contribution >= 4 is 22.9 Å².